The van der Waals surface area contributed by atoms with E-state index < -0.39 is 48.4 Å². The summed E-state index contributed by atoms with van der Waals surface area (Å²) in [5, 5.41) is 16.4. The maximum Gasteiger partial charge on any atom is 0.322 e. The molecule has 0 saturated carbocycles. The second-order valence-corrected chi connectivity index (χ2v) is 8.69. The van der Waals surface area contributed by atoms with Gasteiger partial charge in [0.05, 0.1) is 6.04 Å². The average molecular weight is 451 g/mol. The molecule has 9 nitrogen and oxygen atoms in total. The molecule has 4 atom stereocenters. The molecule has 0 fully saturated rings. The molecule has 0 aliphatic rings. The van der Waals surface area contributed by atoms with Crippen LogP contribution in [-0.2, 0) is 19.2 Å². The van der Waals surface area contributed by atoms with Crippen LogP contribution < -0.4 is 21.7 Å². The molecule has 0 radical (unpaired) electrons. The number of amides is 3. The Balaban J connectivity index is 5.19. The van der Waals surface area contributed by atoms with E-state index in [1.54, 1.807) is 11.8 Å². The predicted molar refractivity (Wildman–Crippen MR) is 118 cm³/mol. The predicted octanol–water partition coefficient (Wildman–Crippen LogP) is 0.0364. The fourth-order valence-corrected chi connectivity index (χ4v) is 3.35. The molecule has 4 unspecified atom stereocenters. The van der Waals surface area contributed by atoms with Gasteiger partial charge in [-0.05, 0) is 42.8 Å². The third kappa shape index (κ3) is 11.3. The monoisotopic (exact) mass is 450 g/mol. The number of carbonyl (C=O) groups is 4. The Morgan fingerprint density at radius 1 is 0.966 bits per heavy atom. The standard InChI is InChI=1S/C18H34N4O5S2/c1-5-11(2)15(22-16(25)12(19)6-8-28-3)18(27)21-13(7-9-29-4)17(26)20-10-14(23)24/h11-13,15H,5-10,19H2,1-4H3,(H,20,26)(H,21,27)(H,22,25)(H,23,24). The first kappa shape index (κ1) is 27.5. The van der Waals surface area contributed by atoms with E-state index in [0.29, 0.717) is 25.0 Å². The Morgan fingerprint density at radius 3 is 2.07 bits per heavy atom. The fraction of sp³-hybridized carbons (Fsp3) is 0.778. The lowest BCUT2D eigenvalue weighted by molar-refractivity contribution is -0.138. The van der Waals surface area contributed by atoms with Crippen LogP contribution in [0.25, 0.3) is 0 Å². The second-order valence-electron chi connectivity index (χ2n) is 6.71. The molecule has 29 heavy (non-hydrogen) atoms. The molecule has 0 bridgehead atoms. The van der Waals surface area contributed by atoms with E-state index in [0.717, 1.165) is 5.75 Å². The van der Waals surface area contributed by atoms with Gasteiger partial charge in [-0.25, -0.2) is 0 Å². The Bertz CT molecular complexity index is 550. The number of carboxylic acids is 1. The molecule has 0 aliphatic carbocycles. The first-order chi connectivity index (χ1) is 13.7. The molecule has 0 aromatic heterocycles. The van der Waals surface area contributed by atoms with Crippen molar-refractivity contribution in [1.82, 2.24) is 16.0 Å². The van der Waals surface area contributed by atoms with Crippen molar-refractivity contribution in [2.24, 2.45) is 11.7 Å². The highest BCUT2D eigenvalue weighted by Gasteiger charge is 2.30. The average Bonchev–Trinajstić information content (AvgIpc) is 2.70. The van der Waals surface area contributed by atoms with Gasteiger partial charge in [0.15, 0.2) is 0 Å². The van der Waals surface area contributed by atoms with Crippen LogP contribution in [-0.4, -0.2) is 77.5 Å². The van der Waals surface area contributed by atoms with Crippen molar-refractivity contribution in [2.75, 3.05) is 30.6 Å². The van der Waals surface area contributed by atoms with Crippen molar-refractivity contribution < 1.29 is 24.3 Å². The van der Waals surface area contributed by atoms with Crippen molar-refractivity contribution in [3.05, 3.63) is 0 Å². The third-order valence-corrected chi connectivity index (χ3v) is 5.71. The van der Waals surface area contributed by atoms with Gasteiger partial charge in [0.1, 0.15) is 18.6 Å². The number of hydrogen-bond acceptors (Lipinski definition) is 7. The molecule has 6 N–H and O–H groups in total. The number of carboxylic acid groups (broad SMARTS) is 1. The molecule has 0 saturated heterocycles. The topological polar surface area (TPSA) is 151 Å². The first-order valence-corrected chi connectivity index (χ1v) is 12.3. The van der Waals surface area contributed by atoms with Crippen molar-refractivity contribution in [2.45, 2.75) is 51.2 Å². The lowest BCUT2D eigenvalue weighted by Gasteiger charge is -2.27. The fourth-order valence-electron chi connectivity index (χ4n) is 2.39. The number of aliphatic carboxylic acids is 1. The molecule has 0 aromatic carbocycles. The van der Waals surface area contributed by atoms with Gasteiger partial charge in [0, 0.05) is 0 Å². The van der Waals surface area contributed by atoms with Crippen LogP contribution in [0.4, 0.5) is 0 Å². The molecular weight excluding hydrogens is 416 g/mol. The van der Waals surface area contributed by atoms with Gasteiger partial charge in [-0.15, -0.1) is 0 Å². The Labute approximate surface area is 181 Å². The number of rotatable bonds is 15. The maximum absolute atomic E-state index is 12.9. The highest BCUT2D eigenvalue weighted by Crippen LogP contribution is 2.10. The minimum Gasteiger partial charge on any atom is -0.480 e. The minimum absolute atomic E-state index is 0.171. The second kappa shape index (κ2) is 15.4. The van der Waals surface area contributed by atoms with E-state index in [2.05, 4.69) is 16.0 Å². The molecule has 168 valence electrons. The first-order valence-electron chi connectivity index (χ1n) is 9.51. The van der Waals surface area contributed by atoms with Crippen molar-refractivity contribution >= 4 is 47.2 Å². The zero-order chi connectivity index (χ0) is 22.4. The van der Waals surface area contributed by atoms with Gasteiger partial charge < -0.3 is 26.8 Å². The summed E-state index contributed by atoms with van der Waals surface area (Å²) in [6.45, 7) is 3.20. The smallest absolute Gasteiger partial charge is 0.322 e. The molecular formula is C18H34N4O5S2. The SMILES string of the molecule is CCC(C)C(NC(=O)C(N)CCSC)C(=O)NC(CCSC)C(=O)NCC(=O)O. The number of nitrogens with one attached hydrogen (secondary N) is 3. The normalized spacial score (nSPS) is 14.9. The van der Waals surface area contributed by atoms with Gasteiger partial charge in [0.2, 0.25) is 17.7 Å². The summed E-state index contributed by atoms with van der Waals surface area (Å²) in [4.78, 5) is 48.2. The van der Waals surface area contributed by atoms with E-state index in [4.69, 9.17) is 10.8 Å². The zero-order valence-electron chi connectivity index (χ0n) is 17.5. The van der Waals surface area contributed by atoms with Crippen LogP contribution in [0.3, 0.4) is 0 Å². The van der Waals surface area contributed by atoms with Crippen molar-refractivity contribution in [1.29, 1.82) is 0 Å². The van der Waals surface area contributed by atoms with Crippen LogP contribution in [0.15, 0.2) is 0 Å². The van der Waals surface area contributed by atoms with Gasteiger partial charge in [-0.1, -0.05) is 20.3 Å². The summed E-state index contributed by atoms with van der Waals surface area (Å²) < 4.78 is 0. The summed E-state index contributed by atoms with van der Waals surface area (Å²) in [5.74, 6) is -1.47. The molecule has 0 heterocycles. The molecule has 0 aromatic rings. The Hall–Kier alpha value is -1.46. The van der Waals surface area contributed by atoms with E-state index in [-0.39, 0.29) is 5.92 Å². The van der Waals surface area contributed by atoms with Crippen LogP contribution in [0.1, 0.15) is 33.1 Å². The van der Waals surface area contributed by atoms with E-state index in [1.807, 2.05) is 26.4 Å². The molecule has 11 heteroatoms. The number of nitrogens with two attached hydrogens (primary N) is 1. The van der Waals surface area contributed by atoms with Crippen molar-refractivity contribution in [3.8, 4) is 0 Å². The molecule has 0 aliphatic heterocycles. The quantitative estimate of drug-likeness (QED) is 0.235. The third-order valence-electron chi connectivity index (χ3n) is 4.42. The van der Waals surface area contributed by atoms with Crippen molar-refractivity contribution in [3.63, 3.8) is 0 Å². The summed E-state index contributed by atoms with van der Waals surface area (Å²) in [6.07, 6.45) is 5.26. The highest BCUT2D eigenvalue weighted by atomic mass is 32.2. The number of carbonyl (C=O) groups excluding carboxylic acids is 3. The number of hydrogen-bond donors (Lipinski definition) is 5. The molecule has 0 spiro atoms. The van der Waals surface area contributed by atoms with Crippen LogP contribution in [0.5, 0.6) is 0 Å². The summed E-state index contributed by atoms with van der Waals surface area (Å²) in [6, 6.07) is -2.44. The van der Waals surface area contributed by atoms with E-state index in [1.165, 1.54) is 11.8 Å². The van der Waals surface area contributed by atoms with Crippen LogP contribution >= 0.6 is 23.5 Å². The lowest BCUT2D eigenvalue weighted by atomic mass is 9.97. The highest BCUT2D eigenvalue weighted by molar-refractivity contribution is 7.98. The largest absolute Gasteiger partial charge is 0.480 e. The van der Waals surface area contributed by atoms with E-state index >= 15 is 0 Å². The Kier molecular flexibility index (Phi) is 14.6. The van der Waals surface area contributed by atoms with Gasteiger partial charge in [0.25, 0.3) is 0 Å². The Morgan fingerprint density at radius 2 is 1.55 bits per heavy atom. The van der Waals surface area contributed by atoms with Gasteiger partial charge in [-0.2, -0.15) is 23.5 Å². The lowest BCUT2D eigenvalue weighted by Crippen LogP contribution is -2.58. The van der Waals surface area contributed by atoms with Gasteiger partial charge in [-0.3, -0.25) is 19.2 Å². The number of thioether (sulfide) groups is 2. The summed E-state index contributed by atoms with van der Waals surface area (Å²) >= 11 is 3.09. The zero-order valence-corrected chi connectivity index (χ0v) is 19.2. The molecule has 3 amide bonds. The maximum atomic E-state index is 12.9. The summed E-state index contributed by atoms with van der Waals surface area (Å²) in [5.41, 5.74) is 5.90. The van der Waals surface area contributed by atoms with Crippen LogP contribution in [0.2, 0.25) is 0 Å². The van der Waals surface area contributed by atoms with Gasteiger partial charge >= 0.3 is 5.97 Å². The summed E-state index contributed by atoms with van der Waals surface area (Å²) in [7, 11) is 0. The van der Waals surface area contributed by atoms with E-state index in [9.17, 15) is 19.2 Å². The minimum atomic E-state index is -1.17. The van der Waals surface area contributed by atoms with Crippen LogP contribution in [0, 0.1) is 5.92 Å². The molecule has 0 rings (SSSR count).